The van der Waals surface area contributed by atoms with E-state index >= 15 is 0 Å². The van der Waals surface area contributed by atoms with Crippen LogP contribution in [0.4, 0.5) is 26.3 Å². The maximum absolute atomic E-state index is 14.6. The Balaban J connectivity index is 1.90. The average Bonchev–Trinajstić information content (AvgIpc) is 2.60. The molecule has 0 bridgehead atoms. The molecule has 0 aromatic heterocycles. The molecule has 0 N–H and O–H groups in total. The summed E-state index contributed by atoms with van der Waals surface area (Å²) in [5.74, 6) is -3.81. The van der Waals surface area contributed by atoms with Gasteiger partial charge in [0, 0.05) is 11.6 Å². The first kappa shape index (κ1) is 20.5. The molecule has 0 nitrogen and oxygen atoms in total. The van der Waals surface area contributed by atoms with Crippen molar-refractivity contribution in [3.8, 4) is 11.1 Å². The summed E-state index contributed by atoms with van der Waals surface area (Å²) in [6.45, 7) is 2.14. The van der Waals surface area contributed by atoms with Crippen LogP contribution in [0.5, 0.6) is 0 Å². The zero-order valence-electron chi connectivity index (χ0n) is 15.3. The third-order valence-electron chi connectivity index (χ3n) is 5.10. The molecule has 1 atom stereocenters. The van der Waals surface area contributed by atoms with Crippen molar-refractivity contribution in [1.29, 1.82) is 0 Å². The minimum atomic E-state index is -5.19. The smallest absolute Gasteiger partial charge is 0.206 e. The molecule has 2 aromatic rings. The molecule has 3 rings (SSSR count). The van der Waals surface area contributed by atoms with E-state index in [-0.39, 0.29) is 5.56 Å². The van der Waals surface area contributed by atoms with Crippen molar-refractivity contribution in [2.24, 2.45) is 5.92 Å². The fraction of sp³-hybridized carbons (Fsp3) is 0.364. The molecule has 1 radical (unpaired) electrons. The summed E-state index contributed by atoms with van der Waals surface area (Å²) >= 11 is 0. The highest BCUT2D eigenvalue weighted by Crippen LogP contribution is 2.37. The van der Waals surface area contributed by atoms with Crippen LogP contribution < -0.4 is 0 Å². The van der Waals surface area contributed by atoms with Gasteiger partial charge in [-0.15, -0.1) is 0 Å². The van der Waals surface area contributed by atoms with Gasteiger partial charge in [-0.1, -0.05) is 38.0 Å². The van der Waals surface area contributed by atoms with Gasteiger partial charge in [0.15, 0.2) is 0 Å². The molecule has 0 spiro atoms. The van der Waals surface area contributed by atoms with Crippen LogP contribution in [0.3, 0.4) is 0 Å². The Hall–Kier alpha value is -2.24. The first-order valence-corrected chi connectivity index (χ1v) is 9.18. The van der Waals surface area contributed by atoms with Gasteiger partial charge in [-0.05, 0) is 54.0 Å². The molecule has 1 aliphatic carbocycles. The first-order chi connectivity index (χ1) is 13.2. The first-order valence-electron chi connectivity index (χ1n) is 9.18. The molecule has 28 heavy (non-hydrogen) atoms. The van der Waals surface area contributed by atoms with Crippen LogP contribution in [0, 0.1) is 29.4 Å². The van der Waals surface area contributed by atoms with E-state index in [1.165, 1.54) is 12.1 Å². The van der Waals surface area contributed by atoms with E-state index in [2.05, 4.69) is 13.0 Å². The van der Waals surface area contributed by atoms with Gasteiger partial charge in [0.2, 0.25) is 0 Å². The number of alkyl halides is 3. The molecule has 0 saturated heterocycles. The summed E-state index contributed by atoms with van der Waals surface area (Å²) < 4.78 is 80.1. The predicted octanol–water partition coefficient (Wildman–Crippen LogP) is 7.57. The lowest BCUT2D eigenvalue weighted by atomic mass is 9.84. The molecular formula is C22H19F6. The van der Waals surface area contributed by atoms with Crippen molar-refractivity contribution in [3.05, 3.63) is 65.0 Å². The molecule has 1 aliphatic rings. The van der Waals surface area contributed by atoms with E-state index in [0.717, 1.165) is 37.7 Å². The third-order valence-corrected chi connectivity index (χ3v) is 5.10. The van der Waals surface area contributed by atoms with Crippen molar-refractivity contribution >= 4 is 5.57 Å². The topological polar surface area (TPSA) is 0 Å². The quantitative estimate of drug-likeness (QED) is 0.467. The summed E-state index contributed by atoms with van der Waals surface area (Å²) in [6.07, 6.45) is 1.93. The lowest BCUT2D eigenvalue weighted by Crippen LogP contribution is -2.11. The highest BCUT2D eigenvalue weighted by molar-refractivity contribution is 5.71. The van der Waals surface area contributed by atoms with Gasteiger partial charge in [0.25, 0.3) is 0 Å². The van der Waals surface area contributed by atoms with Gasteiger partial charge >= 0.3 is 6.18 Å². The van der Waals surface area contributed by atoms with E-state index in [4.69, 9.17) is 0 Å². The lowest BCUT2D eigenvalue weighted by molar-refractivity contribution is -0.142. The van der Waals surface area contributed by atoms with Crippen molar-refractivity contribution in [1.82, 2.24) is 0 Å². The normalized spacial score (nSPS) is 17.5. The molecule has 149 valence electrons. The van der Waals surface area contributed by atoms with E-state index in [0.29, 0.717) is 17.5 Å². The van der Waals surface area contributed by atoms with Crippen LogP contribution >= 0.6 is 0 Å². The number of hydrogen-bond donors (Lipinski definition) is 0. The van der Waals surface area contributed by atoms with Crippen LogP contribution in [-0.2, 0) is 6.18 Å². The minimum absolute atomic E-state index is 0.199. The average molecular weight is 397 g/mol. The summed E-state index contributed by atoms with van der Waals surface area (Å²) in [6, 6.07) is 6.47. The molecule has 1 unspecified atom stereocenters. The Kier molecular flexibility index (Phi) is 5.87. The molecule has 0 fully saturated rings. The van der Waals surface area contributed by atoms with Crippen molar-refractivity contribution < 1.29 is 26.3 Å². The number of rotatable bonds is 4. The van der Waals surface area contributed by atoms with Gasteiger partial charge in [0.05, 0.1) is 0 Å². The zero-order chi connectivity index (χ0) is 20.5. The van der Waals surface area contributed by atoms with Crippen molar-refractivity contribution in [2.45, 2.75) is 45.2 Å². The molecule has 0 amide bonds. The van der Waals surface area contributed by atoms with Gasteiger partial charge < -0.3 is 0 Å². The summed E-state index contributed by atoms with van der Waals surface area (Å²) in [5.41, 5.74) is -0.943. The second-order valence-corrected chi connectivity index (χ2v) is 7.07. The van der Waals surface area contributed by atoms with E-state index in [1.54, 1.807) is 6.07 Å². The van der Waals surface area contributed by atoms with Crippen LogP contribution in [-0.4, -0.2) is 0 Å². The number of halogens is 6. The van der Waals surface area contributed by atoms with Crippen LogP contribution in [0.25, 0.3) is 16.7 Å². The predicted molar refractivity (Wildman–Crippen MR) is 95.8 cm³/mol. The highest BCUT2D eigenvalue weighted by Gasteiger charge is 2.38. The Morgan fingerprint density at radius 3 is 2.36 bits per heavy atom. The lowest BCUT2D eigenvalue weighted by Gasteiger charge is -2.22. The van der Waals surface area contributed by atoms with Crippen molar-refractivity contribution in [3.63, 3.8) is 0 Å². The van der Waals surface area contributed by atoms with E-state index < -0.39 is 34.8 Å². The van der Waals surface area contributed by atoms with Gasteiger partial charge in [0.1, 0.15) is 23.0 Å². The minimum Gasteiger partial charge on any atom is -0.206 e. The summed E-state index contributed by atoms with van der Waals surface area (Å²) in [7, 11) is 0. The maximum atomic E-state index is 14.6. The Labute approximate surface area is 159 Å². The van der Waals surface area contributed by atoms with Gasteiger partial charge in [-0.2, -0.15) is 13.2 Å². The van der Waals surface area contributed by atoms with E-state index in [1.807, 2.05) is 6.07 Å². The van der Waals surface area contributed by atoms with Gasteiger partial charge in [-0.3, -0.25) is 0 Å². The Morgan fingerprint density at radius 2 is 1.82 bits per heavy atom. The molecule has 2 aromatic carbocycles. The number of allylic oxidation sites excluding steroid dienone is 2. The summed E-state index contributed by atoms with van der Waals surface area (Å²) in [4.78, 5) is 0. The SMILES string of the molecule is CCCC1CC=C(c2ccc(-c3[c]c(F)c(C(F)(F)F)c(F)c3)c(F)c2)CC1. The number of benzene rings is 2. The number of hydrogen-bond acceptors (Lipinski definition) is 0. The second-order valence-electron chi connectivity index (χ2n) is 7.07. The molecule has 0 saturated carbocycles. The van der Waals surface area contributed by atoms with Crippen molar-refractivity contribution in [2.75, 3.05) is 0 Å². The highest BCUT2D eigenvalue weighted by atomic mass is 19.4. The van der Waals surface area contributed by atoms with Crippen LogP contribution in [0.15, 0.2) is 30.3 Å². The monoisotopic (exact) mass is 397 g/mol. The molecule has 0 heterocycles. The Morgan fingerprint density at radius 1 is 1.07 bits per heavy atom. The largest absolute Gasteiger partial charge is 0.422 e. The zero-order valence-corrected chi connectivity index (χ0v) is 15.3. The maximum Gasteiger partial charge on any atom is 0.422 e. The van der Waals surface area contributed by atoms with Gasteiger partial charge in [-0.25, -0.2) is 13.2 Å². The summed E-state index contributed by atoms with van der Waals surface area (Å²) in [5, 5.41) is 0. The Bertz CT molecular complexity index is 871. The van der Waals surface area contributed by atoms with Crippen LogP contribution in [0.2, 0.25) is 0 Å². The molecule has 0 aliphatic heterocycles. The standard InChI is InChI=1S/C22H19F6/c1-2-3-13-4-6-14(7-5-13)15-8-9-17(18(23)10-15)16-11-19(24)21(20(25)12-16)22(26,27)28/h6,8-11,13H,2-5,7H2,1H3. The fourth-order valence-electron chi connectivity index (χ4n) is 3.68. The third kappa shape index (κ3) is 4.26. The molecular weight excluding hydrogens is 378 g/mol. The molecule has 6 heteroatoms. The van der Waals surface area contributed by atoms with E-state index in [9.17, 15) is 26.3 Å². The van der Waals surface area contributed by atoms with Crippen LogP contribution in [0.1, 0.15) is 50.2 Å². The fourth-order valence-corrected chi connectivity index (χ4v) is 3.68. The second kappa shape index (κ2) is 8.02.